The molecule has 26 heavy (non-hydrogen) atoms. The molecule has 0 aliphatic rings. The van der Waals surface area contributed by atoms with E-state index in [9.17, 15) is 4.79 Å². The van der Waals surface area contributed by atoms with Crippen molar-refractivity contribution < 1.29 is 4.79 Å². The number of amides is 1. The van der Waals surface area contributed by atoms with Crippen molar-refractivity contribution in [1.82, 2.24) is 9.97 Å². The third-order valence-electron chi connectivity index (χ3n) is 4.29. The summed E-state index contributed by atoms with van der Waals surface area (Å²) in [5.74, 6) is -0.171. The van der Waals surface area contributed by atoms with E-state index in [1.165, 1.54) is 0 Å². The van der Waals surface area contributed by atoms with Gasteiger partial charge in [-0.15, -0.1) is 0 Å². The summed E-state index contributed by atoms with van der Waals surface area (Å²) in [6, 6.07) is 19.4. The lowest BCUT2D eigenvalue weighted by atomic mass is 10.0. The molecule has 4 heteroatoms. The molecule has 2 heterocycles. The monoisotopic (exact) mass is 339 g/mol. The zero-order chi connectivity index (χ0) is 17.9. The van der Waals surface area contributed by atoms with Gasteiger partial charge < -0.3 is 5.32 Å². The second-order valence-electron chi connectivity index (χ2n) is 6.15. The van der Waals surface area contributed by atoms with E-state index in [1.54, 1.807) is 18.5 Å². The highest BCUT2D eigenvalue weighted by molar-refractivity contribution is 6.04. The summed E-state index contributed by atoms with van der Waals surface area (Å²) in [4.78, 5) is 21.1. The van der Waals surface area contributed by atoms with Gasteiger partial charge in [0.15, 0.2) is 0 Å². The van der Waals surface area contributed by atoms with Crippen LogP contribution in [-0.4, -0.2) is 15.9 Å². The van der Waals surface area contributed by atoms with E-state index in [-0.39, 0.29) is 5.91 Å². The number of nitrogens with one attached hydrogen (secondary N) is 1. The Morgan fingerprint density at radius 3 is 2.54 bits per heavy atom. The molecule has 0 radical (unpaired) electrons. The Kier molecular flexibility index (Phi) is 4.15. The first-order valence-corrected chi connectivity index (χ1v) is 8.38. The minimum Gasteiger partial charge on any atom is -0.322 e. The van der Waals surface area contributed by atoms with E-state index in [2.05, 4.69) is 15.3 Å². The van der Waals surface area contributed by atoms with Crippen molar-refractivity contribution in [2.75, 3.05) is 5.32 Å². The first-order chi connectivity index (χ1) is 12.7. The van der Waals surface area contributed by atoms with Crippen LogP contribution in [0.4, 0.5) is 5.69 Å². The first kappa shape index (κ1) is 16.0. The van der Waals surface area contributed by atoms with Gasteiger partial charge in [0.1, 0.15) is 0 Å². The van der Waals surface area contributed by atoms with Gasteiger partial charge in [0.25, 0.3) is 5.91 Å². The third-order valence-corrected chi connectivity index (χ3v) is 4.29. The number of fused-ring (bicyclic) bond motifs is 1. The highest BCUT2D eigenvalue weighted by Gasteiger charge is 2.09. The molecule has 0 aliphatic carbocycles. The summed E-state index contributed by atoms with van der Waals surface area (Å²) >= 11 is 0. The van der Waals surface area contributed by atoms with Crippen LogP contribution in [0.3, 0.4) is 0 Å². The molecule has 4 aromatic rings. The van der Waals surface area contributed by atoms with Crippen LogP contribution in [0.25, 0.3) is 22.0 Å². The van der Waals surface area contributed by atoms with Gasteiger partial charge in [0.2, 0.25) is 0 Å². The molecule has 0 bridgehead atoms. The molecule has 1 amide bonds. The van der Waals surface area contributed by atoms with Gasteiger partial charge in [-0.05, 0) is 42.6 Å². The fourth-order valence-electron chi connectivity index (χ4n) is 2.87. The summed E-state index contributed by atoms with van der Waals surface area (Å²) < 4.78 is 0. The molecule has 2 aromatic heterocycles. The van der Waals surface area contributed by atoms with Crippen LogP contribution < -0.4 is 5.32 Å². The molecule has 4 nitrogen and oxygen atoms in total. The predicted molar refractivity (Wildman–Crippen MR) is 104 cm³/mol. The number of carbonyl (C=O) groups excluding carboxylic acids is 1. The van der Waals surface area contributed by atoms with E-state index in [0.717, 1.165) is 33.3 Å². The number of nitrogens with zero attached hydrogens (tertiary/aromatic N) is 2. The average molecular weight is 339 g/mol. The van der Waals surface area contributed by atoms with E-state index in [4.69, 9.17) is 0 Å². The largest absolute Gasteiger partial charge is 0.322 e. The Hall–Kier alpha value is -3.53. The van der Waals surface area contributed by atoms with Gasteiger partial charge in [0, 0.05) is 35.2 Å². The summed E-state index contributed by atoms with van der Waals surface area (Å²) in [5, 5.41) is 5.04. The fraction of sp³-hybridized carbons (Fsp3) is 0.0455. The second-order valence-corrected chi connectivity index (χ2v) is 6.15. The normalized spacial score (nSPS) is 10.7. The zero-order valence-corrected chi connectivity index (χ0v) is 14.3. The van der Waals surface area contributed by atoms with Gasteiger partial charge >= 0.3 is 0 Å². The number of aryl methyl sites for hydroxylation is 1. The number of benzene rings is 2. The molecule has 2 aromatic carbocycles. The number of pyridine rings is 2. The number of rotatable bonds is 3. The first-order valence-electron chi connectivity index (χ1n) is 8.38. The molecule has 0 saturated heterocycles. The van der Waals surface area contributed by atoms with Crippen LogP contribution in [0.1, 0.15) is 15.9 Å². The lowest BCUT2D eigenvalue weighted by Crippen LogP contribution is -2.12. The maximum absolute atomic E-state index is 12.4. The number of aromatic nitrogens is 2. The topological polar surface area (TPSA) is 54.9 Å². The van der Waals surface area contributed by atoms with Crippen molar-refractivity contribution in [1.29, 1.82) is 0 Å². The maximum Gasteiger partial charge on any atom is 0.257 e. The Morgan fingerprint density at radius 1 is 0.923 bits per heavy atom. The van der Waals surface area contributed by atoms with Crippen LogP contribution in [0.15, 0.2) is 79.3 Å². The number of anilines is 1. The van der Waals surface area contributed by atoms with Crippen LogP contribution in [0.2, 0.25) is 0 Å². The molecule has 126 valence electrons. The molecule has 0 unspecified atom stereocenters. The Bertz CT molecular complexity index is 1070. The summed E-state index contributed by atoms with van der Waals surface area (Å²) in [6.45, 7) is 2.01. The highest BCUT2D eigenvalue weighted by Crippen LogP contribution is 2.26. The number of hydrogen-bond acceptors (Lipinski definition) is 3. The van der Waals surface area contributed by atoms with Crippen LogP contribution in [0.5, 0.6) is 0 Å². The van der Waals surface area contributed by atoms with E-state index in [1.807, 2.05) is 67.7 Å². The Balaban J connectivity index is 1.60. The van der Waals surface area contributed by atoms with Crippen LogP contribution in [0, 0.1) is 6.92 Å². The Morgan fingerprint density at radius 2 is 1.77 bits per heavy atom. The third kappa shape index (κ3) is 3.17. The van der Waals surface area contributed by atoms with Gasteiger partial charge in [-0.2, -0.15) is 0 Å². The summed E-state index contributed by atoms with van der Waals surface area (Å²) in [6.07, 6.45) is 5.22. The van der Waals surface area contributed by atoms with E-state index < -0.39 is 0 Å². The minimum absolute atomic E-state index is 0.171. The number of carbonyl (C=O) groups is 1. The SMILES string of the molecule is Cc1ccc(NC(=O)c2ccc(-c3cccc4cnccc34)nc2)cc1. The van der Waals surface area contributed by atoms with Crippen LogP contribution in [-0.2, 0) is 0 Å². The van der Waals surface area contributed by atoms with Crippen molar-refractivity contribution in [3.63, 3.8) is 0 Å². The summed E-state index contributed by atoms with van der Waals surface area (Å²) in [5.41, 5.74) is 4.30. The zero-order valence-electron chi connectivity index (χ0n) is 14.3. The van der Waals surface area contributed by atoms with Crippen LogP contribution >= 0.6 is 0 Å². The quantitative estimate of drug-likeness (QED) is 0.580. The Labute approximate surface area is 151 Å². The van der Waals surface area contributed by atoms with Crippen molar-refractivity contribution in [3.8, 4) is 11.3 Å². The lowest BCUT2D eigenvalue weighted by molar-refractivity contribution is 0.102. The van der Waals surface area contributed by atoms with Gasteiger partial charge in [-0.1, -0.05) is 35.9 Å². The molecular weight excluding hydrogens is 322 g/mol. The van der Waals surface area contributed by atoms with Gasteiger partial charge in [-0.25, -0.2) is 0 Å². The molecule has 1 N–H and O–H groups in total. The smallest absolute Gasteiger partial charge is 0.257 e. The molecule has 0 saturated carbocycles. The van der Waals surface area contributed by atoms with Crippen molar-refractivity contribution in [2.24, 2.45) is 0 Å². The van der Waals surface area contributed by atoms with Crippen molar-refractivity contribution in [2.45, 2.75) is 6.92 Å². The van der Waals surface area contributed by atoms with Crippen molar-refractivity contribution in [3.05, 3.63) is 90.4 Å². The molecule has 4 rings (SSSR count). The van der Waals surface area contributed by atoms with Crippen molar-refractivity contribution >= 4 is 22.4 Å². The maximum atomic E-state index is 12.4. The number of hydrogen-bond donors (Lipinski definition) is 1. The van der Waals surface area contributed by atoms with Gasteiger partial charge in [-0.3, -0.25) is 14.8 Å². The highest BCUT2D eigenvalue weighted by atomic mass is 16.1. The fourth-order valence-corrected chi connectivity index (χ4v) is 2.87. The second kappa shape index (κ2) is 6.76. The molecule has 0 fully saturated rings. The summed E-state index contributed by atoms with van der Waals surface area (Å²) in [7, 11) is 0. The average Bonchev–Trinajstić information content (AvgIpc) is 2.69. The van der Waals surface area contributed by atoms with Gasteiger partial charge in [0.05, 0.1) is 11.3 Å². The molecule has 0 spiro atoms. The minimum atomic E-state index is -0.171. The lowest BCUT2D eigenvalue weighted by Gasteiger charge is -2.08. The predicted octanol–water partition coefficient (Wildman–Crippen LogP) is 4.86. The molecular formula is C22H17N3O. The molecule has 0 aliphatic heterocycles. The van der Waals surface area contributed by atoms with E-state index >= 15 is 0 Å². The van der Waals surface area contributed by atoms with E-state index in [0.29, 0.717) is 5.56 Å². The standard InChI is InChI=1S/C22H17N3O/c1-15-5-8-18(9-6-15)25-22(26)17-7-10-21(24-14-17)20-4-2-3-16-13-23-12-11-19(16)20/h2-14H,1H3,(H,25,26). The molecule has 0 atom stereocenters.